The summed E-state index contributed by atoms with van der Waals surface area (Å²) in [7, 11) is 0. The standard InChI is InChI=1S/C23H23F4N5O/c24-15-2-3-16-12(5-15)1-4-18(32-7-13-9-33-10-14(13)8-32)20(16)31-22-17-6-19(23(25,26)27)30-21(17)28-11-29-22/h2-3,5-6,11,13-14,18,20H,1,4,7-10H2,(H2,28,29,30,31)/t13-,14+,18?,20?. The first kappa shape index (κ1) is 20.9. The van der Waals surface area contributed by atoms with Gasteiger partial charge in [-0.1, -0.05) is 6.07 Å². The third-order valence-corrected chi connectivity index (χ3v) is 7.30. The Bertz CT molecular complexity index is 1180. The minimum atomic E-state index is -4.51. The van der Waals surface area contributed by atoms with Gasteiger partial charge in [0.15, 0.2) is 0 Å². The van der Waals surface area contributed by atoms with E-state index in [1.54, 1.807) is 12.1 Å². The van der Waals surface area contributed by atoms with Crippen molar-refractivity contribution in [3.63, 3.8) is 0 Å². The highest BCUT2D eigenvalue weighted by molar-refractivity contribution is 5.88. The molecule has 33 heavy (non-hydrogen) atoms. The average molecular weight is 461 g/mol. The third kappa shape index (κ3) is 3.65. The molecule has 0 spiro atoms. The second-order valence-electron chi connectivity index (χ2n) is 9.25. The first-order valence-electron chi connectivity index (χ1n) is 11.1. The van der Waals surface area contributed by atoms with Gasteiger partial charge in [0.05, 0.1) is 24.6 Å². The molecule has 2 aromatic heterocycles. The third-order valence-electron chi connectivity index (χ3n) is 7.30. The number of fused-ring (bicyclic) bond motifs is 3. The summed E-state index contributed by atoms with van der Waals surface area (Å²) in [5, 5.41) is 3.71. The molecule has 2 saturated heterocycles. The Hall–Kier alpha value is -2.72. The summed E-state index contributed by atoms with van der Waals surface area (Å²) in [5.41, 5.74) is 1.14. The van der Waals surface area contributed by atoms with E-state index in [-0.39, 0.29) is 28.9 Å². The van der Waals surface area contributed by atoms with Gasteiger partial charge in [-0.15, -0.1) is 0 Å². The van der Waals surface area contributed by atoms with E-state index in [4.69, 9.17) is 4.74 Å². The van der Waals surface area contributed by atoms with Crippen molar-refractivity contribution in [1.29, 1.82) is 0 Å². The van der Waals surface area contributed by atoms with Crippen LogP contribution in [0.4, 0.5) is 23.4 Å². The molecule has 0 amide bonds. The summed E-state index contributed by atoms with van der Waals surface area (Å²) in [5.74, 6) is 1.06. The number of nitrogens with zero attached hydrogens (tertiary/aromatic N) is 3. The fourth-order valence-electron chi connectivity index (χ4n) is 5.69. The van der Waals surface area contributed by atoms with Gasteiger partial charge in [-0.2, -0.15) is 13.2 Å². The van der Waals surface area contributed by atoms with Crippen molar-refractivity contribution in [1.82, 2.24) is 19.9 Å². The van der Waals surface area contributed by atoms with Crippen LogP contribution in [-0.4, -0.2) is 52.2 Å². The van der Waals surface area contributed by atoms with E-state index >= 15 is 0 Å². The van der Waals surface area contributed by atoms with E-state index < -0.39 is 11.9 Å². The van der Waals surface area contributed by atoms with Crippen molar-refractivity contribution in [2.24, 2.45) is 11.8 Å². The smallest absolute Gasteiger partial charge is 0.381 e. The molecule has 0 radical (unpaired) electrons. The molecule has 3 aliphatic rings. The zero-order valence-electron chi connectivity index (χ0n) is 17.7. The largest absolute Gasteiger partial charge is 0.431 e. The minimum Gasteiger partial charge on any atom is -0.381 e. The number of ether oxygens (including phenoxy) is 1. The van der Waals surface area contributed by atoms with Gasteiger partial charge in [0.25, 0.3) is 0 Å². The maximum atomic E-state index is 13.9. The molecule has 0 bridgehead atoms. The van der Waals surface area contributed by atoms with E-state index in [2.05, 4.69) is 25.2 Å². The summed E-state index contributed by atoms with van der Waals surface area (Å²) in [4.78, 5) is 13.1. The lowest BCUT2D eigenvalue weighted by Crippen LogP contribution is -2.44. The number of nitrogens with one attached hydrogen (secondary N) is 2. The highest BCUT2D eigenvalue weighted by Crippen LogP contribution is 2.41. The number of aryl methyl sites for hydroxylation is 1. The number of alkyl halides is 3. The zero-order chi connectivity index (χ0) is 22.7. The molecule has 6 rings (SSSR count). The molecule has 1 aliphatic carbocycles. The van der Waals surface area contributed by atoms with E-state index in [0.717, 1.165) is 56.3 Å². The summed E-state index contributed by atoms with van der Waals surface area (Å²) < 4.78 is 59.4. The number of halogens is 4. The number of hydrogen-bond acceptors (Lipinski definition) is 5. The molecule has 2 unspecified atom stereocenters. The molecule has 2 aliphatic heterocycles. The molecule has 0 saturated carbocycles. The van der Waals surface area contributed by atoms with Crippen LogP contribution in [0.5, 0.6) is 0 Å². The van der Waals surface area contributed by atoms with Gasteiger partial charge in [-0.25, -0.2) is 14.4 Å². The number of benzene rings is 1. The van der Waals surface area contributed by atoms with Crippen molar-refractivity contribution in [2.75, 3.05) is 31.6 Å². The molecule has 4 atom stereocenters. The number of anilines is 1. The van der Waals surface area contributed by atoms with Crippen molar-refractivity contribution in [2.45, 2.75) is 31.1 Å². The predicted octanol–water partition coefficient (Wildman–Crippen LogP) is 4.16. The monoisotopic (exact) mass is 461 g/mol. The second kappa shape index (κ2) is 7.66. The average Bonchev–Trinajstić information content (AvgIpc) is 3.48. The van der Waals surface area contributed by atoms with Gasteiger partial charge in [0.2, 0.25) is 0 Å². The molecule has 3 aromatic rings. The summed E-state index contributed by atoms with van der Waals surface area (Å²) in [6.07, 6.45) is -1.68. The maximum Gasteiger partial charge on any atom is 0.431 e. The van der Waals surface area contributed by atoms with Crippen LogP contribution in [0.2, 0.25) is 0 Å². The molecule has 1 aromatic carbocycles. The quantitative estimate of drug-likeness (QED) is 0.574. The fraction of sp³-hybridized carbons (Fsp3) is 0.478. The SMILES string of the molecule is Fc1ccc2c(c1)CCC(N1C[C@H]3COC[C@H]3C1)C2Nc1ncnc2[nH]c(C(F)(F)F)cc12. The molecule has 6 nitrogen and oxygen atoms in total. The van der Waals surface area contributed by atoms with Gasteiger partial charge < -0.3 is 15.0 Å². The van der Waals surface area contributed by atoms with Crippen LogP contribution >= 0.6 is 0 Å². The molecule has 174 valence electrons. The number of hydrogen-bond donors (Lipinski definition) is 2. The van der Waals surface area contributed by atoms with Crippen LogP contribution in [0.1, 0.15) is 29.3 Å². The van der Waals surface area contributed by atoms with Crippen molar-refractivity contribution < 1.29 is 22.3 Å². The van der Waals surface area contributed by atoms with E-state index in [1.165, 1.54) is 12.4 Å². The van der Waals surface area contributed by atoms with Gasteiger partial charge in [0.1, 0.15) is 29.3 Å². The summed E-state index contributed by atoms with van der Waals surface area (Å²) in [6.45, 7) is 3.38. The Labute approximate surface area is 187 Å². The Balaban J connectivity index is 1.38. The second-order valence-corrected chi connectivity index (χ2v) is 9.25. The number of aromatic nitrogens is 3. The van der Waals surface area contributed by atoms with Crippen molar-refractivity contribution in [3.8, 4) is 0 Å². The fourth-order valence-corrected chi connectivity index (χ4v) is 5.69. The maximum absolute atomic E-state index is 13.9. The van der Waals surface area contributed by atoms with Gasteiger partial charge in [0, 0.05) is 31.0 Å². The van der Waals surface area contributed by atoms with Crippen LogP contribution in [-0.2, 0) is 17.3 Å². The summed E-state index contributed by atoms with van der Waals surface area (Å²) >= 11 is 0. The highest BCUT2D eigenvalue weighted by atomic mass is 19.4. The Morgan fingerprint density at radius 3 is 2.64 bits per heavy atom. The Morgan fingerprint density at radius 2 is 1.88 bits per heavy atom. The summed E-state index contributed by atoms with van der Waals surface area (Å²) in [6, 6.07) is 5.69. The van der Waals surface area contributed by atoms with E-state index in [0.29, 0.717) is 17.7 Å². The van der Waals surface area contributed by atoms with E-state index in [9.17, 15) is 17.6 Å². The highest BCUT2D eigenvalue weighted by Gasteiger charge is 2.43. The molecule has 4 heterocycles. The van der Waals surface area contributed by atoms with Crippen LogP contribution < -0.4 is 5.32 Å². The van der Waals surface area contributed by atoms with E-state index in [1.807, 2.05) is 0 Å². The topological polar surface area (TPSA) is 66.1 Å². The van der Waals surface area contributed by atoms with Crippen molar-refractivity contribution in [3.05, 3.63) is 53.2 Å². The van der Waals surface area contributed by atoms with Gasteiger partial charge in [-0.3, -0.25) is 4.90 Å². The van der Waals surface area contributed by atoms with Gasteiger partial charge in [-0.05, 0) is 42.2 Å². The Morgan fingerprint density at radius 1 is 1.09 bits per heavy atom. The number of likely N-dealkylation sites (tertiary alicyclic amines) is 1. The lowest BCUT2D eigenvalue weighted by atomic mass is 9.83. The number of H-pyrrole nitrogens is 1. The molecule has 10 heteroatoms. The Kier molecular flexibility index (Phi) is 4.84. The number of rotatable bonds is 3. The van der Waals surface area contributed by atoms with Crippen LogP contribution in [0.3, 0.4) is 0 Å². The van der Waals surface area contributed by atoms with Crippen LogP contribution in [0.25, 0.3) is 11.0 Å². The normalized spacial score (nSPS) is 27.6. The first-order valence-corrected chi connectivity index (χ1v) is 11.1. The molecule has 2 fully saturated rings. The zero-order valence-corrected chi connectivity index (χ0v) is 17.7. The first-order chi connectivity index (χ1) is 15.9. The molecule has 2 N–H and O–H groups in total. The molecular weight excluding hydrogens is 438 g/mol. The van der Waals surface area contributed by atoms with Crippen LogP contribution in [0.15, 0.2) is 30.6 Å². The lowest BCUT2D eigenvalue weighted by molar-refractivity contribution is -0.140. The molecular formula is C23H23F4N5O. The van der Waals surface area contributed by atoms with Crippen molar-refractivity contribution >= 4 is 16.9 Å². The predicted molar refractivity (Wildman–Crippen MR) is 113 cm³/mol. The van der Waals surface area contributed by atoms with Crippen LogP contribution in [0, 0.1) is 17.7 Å². The number of aromatic amines is 1. The lowest BCUT2D eigenvalue weighted by Gasteiger charge is -2.40. The minimum absolute atomic E-state index is 0.111. The van der Waals surface area contributed by atoms with Gasteiger partial charge >= 0.3 is 6.18 Å².